The highest BCUT2D eigenvalue weighted by Crippen LogP contribution is 2.28. The van der Waals surface area contributed by atoms with Crippen molar-refractivity contribution in [2.75, 3.05) is 0 Å². The van der Waals surface area contributed by atoms with Gasteiger partial charge in [0.15, 0.2) is 0 Å². The first-order valence-corrected chi connectivity index (χ1v) is 6.40. The molecule has 0 aliphatic carbocycles. The van der Waals surface area contributed by atoms with Gasteiger partial charge in [0, 0.05) is 6.42 Å². The maximum atomic E-state index is 10.7. The number of hydrogen-bond donors (Lipinski definition) is 2. The zero-order valence-corrected chi connectivity index (χ0v) is 11.0. The van der Waals surface area contributed by atoms with Crippen molar-refractivity contribution in [2.45, 2.75) is 71.3 Å². The first-order valence-electron chi connectivity index (χ1n) is 6.40. The van der Waals surface area contributed by atoms with Crippen LogP contribution in [0.25, 0.3) is 0 Å². The summed E-state index contributed by atoms with van der Waals surface area (Å²) in [6.07, 6.45) is 5.55. The van der Waals surface area contributed by atoms with E-state index in [0.29, 0.717) is 25.2 Å². The van der Waals surface area contributed by atoms with Gasteiger partial charge in [0.2, 0.25) is 5.91 Å². The van der Waals surface area contributed by atoms with Gasteiger partial charge < -0.3 is 10.8 Å². The zero-order chi connectivity index (χ0) is 12.6. The highest BCUT2D eigenvalue weighted by Gasteiger charge is 2.26. The van der Waals surface area contributed by atoms with Gasteiger partial charge in [-0.25, -0.2) is 0 Å². The molecule has 0 aliphatic heterocycles. The summed E-state index contributed by atoms with van der Waals surface area (Å²) in [7, 11) is 0. The molecule has 0 fully saturated rings. The topological polar surface area (TPSA) is 63.3 Å². The fourth-order valence-electron chi connectivity index (χ4n) is 2.19. The van der Waals surface area contributed by atoms with Crippen LogP contribution in [0.2, 0.25) is 0 Å². The largest absolute Gasteiger partial charge is 0.390 e. The van der Waals surface area contributed by atoms with Crippen LogP contribution in [0, 0.1) is 5.92 Å². The Morgan fingerprint density at radius 1 is 1.31 bits per heavy atom. The van der Waals surface area contributed by atoms with E-state index in [4.69, 9.17) is 5.73 Å². The van der Waals surface area contributed by atoms with Crippen LogP contribution in [0.15, 0.2) is 0 Å². The lowest BCUT2D eigenvalue weighted by atomic mass is 9.83. The maximum Gasteiger partial charge on any atom is 0.217 e. The van der Waals surface area contributed by atoms with E-state index in [1.54, 1.807) is 0 Å². The van der Waals surface area contributed by atoms with Crippen LogP contribution < -0.4 is 5.73 Å². The van der Waals surface area contributed by atoms with Gasteiger partial charge in [-0.2, -0.15) is 0 Å². The monoisotopic (exact) mass is 229 g/mol. The quantitative estimate of drug-likeness (QED) is 0.638. The lowest BCUT2D eigenvalue weighted by Crippen LogP contribution is -2.31. The van der Waals surface area contributed by atoms with Crippen molar-refractivity contribution in [1.82, 2.24) is 0 Å². The van der Waals surface area contributed by atoms with Gasteiger partial charge in [0.05, 0.1) is 5.60 Å². The molecule has 0 rings (SSSR count). The number of nitrogens with two attached hydrogens (primary N) is 1. The Hall–Kier alpha value is -0.570. The smallest absolute Gasteiger partial charge is 0.217 e. The molecule has 0 saturated carbocycles. The fourth-order valence-corrected chi connectivity index (χ4v) is 2.19. The molecule has 0 spiro atoms. The summed E-state index contributed by atoms with van der Waals surface area (Å²) in [5.74, 6) is 0.206. The van der Waals surface area contributed by atoms with E-state index < -0.39 is 5.60 Å². The van der Waals surface area contributed by atoms with Gasteiger partial charge in [-0.3, -0.25) is 4.79 Å². The fraction of sp³-hybridized carbons (Fsp3) is 0.923. The van der Waals surface area contributed by atoms with Crippen LogP contribution in [0.1, 0.15) is 65.7 Å². The Morgan fingerprint density at radius 2 is 1.88 bits per heavy atom. The van der Waals surface area contributed by atoms with E-state index in [9.17, 15) is 9.90 Å². The van der Waals surface area contributed by atoms with Crippen molar-refractivity contribution in [2.24, 2.45) is 11.7 Å². The predicted molar refractivity (Wildman–Crippen MR) is 67.0 cm³/mol. The Kier molecular flexibility index (Phi) is 7.39. The van der Waals surface area contributed by atoms with E-state index in [1.807, 2.05) is 0 Å². The summed E-state index contributed by atoms with van der Waals surface area (Å²) >= 11 is 0. The number of aliphatic hydroxyl groups is 1. The number of primary amides is 1. The molecule has 3 nitrogen and oxygen atoms in total. The molecule has 1 atom stereocenters. The first kappa shape index (κ1) is 15.4. The molecule has 0 aliphatic rings. The van der Waals surface area contributed by atoms with E-state index in [1.165, 1.54) is 0 Å². The second-order valence-corrected chi connectivity index (χ2v) is 5.25. The Morgan fingerprint density at radius 3 is 2.31 bits per heavy atom. The van der Waals surface area contributed by atoms with Gasteiger partial charge >= 0.3 is 0 Å². The average Bonchev–Trinajstić information content (AvgIpc) is 2.13. The lowest BCUT2D eigenvalue weighted by Gasteiger charge is -2.30. The van der Waals surface area contributed by atoms with Gasteiger partial charge in [-0.15, -0.1) is 0 Å². The molecule has 16 heavy (non-hydrogen) atoms. The van der Waals surface area contributed by atoms with Crippen LogP contribution in [-0.4, -0.2) is 16.6 Å². The van der Waals surface area contributed by atoms with Gasteiger partial charge in [0.1, 0.15) is 0 Å². The van der Waals surface area contributed by atoms with E-state index in [2.05, 4.69) is 20.8 Å². The molecule has 1 amide bonds. The van der Waals surface area contributed by atoms with Crippen LogP contribution in [0.4, 0.5) is 0 Å². The number of hydrogen-bond acceptors (Lipinski definition) is 2. The highest BCUT2D eigenvalue weighted by atomic mass is 16.3. The third kappa shape index (κ3) is 7.69. The minimum absolute atomic E-state index is 0.276. The Labute approximate surface area is 99.4 Å². The average molecular weight is 229 g/mol. The number of carbonyl (C=O) groups is 1. The second-order valence-electron chi connectivity index (χ2n) is 5.25. The normalized spacial score (nSPS) is 15.1. The summed E-state index contributed by atoms with van der Waals surface area (Å²) in [5.41, 5.74) is 4.51. The second kappa shape index (κ2) is 7.66. The summed E-state index contributed by atoms with van der Waals surface area (Å²) in [4.78, 5) is 10.7. The van der Waals surface area contributed by atoms with E-state index >= 15 is 0 Å². The van der Waals surface area contributed by atoms with Crippen LogP contribution in [0.3, 0.4) is 0 Å². The summed E-state index contributed by atoms with van der Waals surface area (Å²) in [5, 5.41) is 10.5. The zero-order valence-electron chi connectivity index (χ0n) is 11.0. The number of carbonyl (C=O) groups excluding carboxylic acids is 1. The highest BCUT2D eigenvalue weighted by molar-refractivity contribution is 5.73. The Bertz CT molecular complexity index is 204. The van der Waals surface area contributed by atoms with Crippen molar-refractivity contribution >= 4 is 5.91 Å². The summed E-state index contributed by atoms with van der Waals surface area (Å²) < 4.78 is 0. The lowest BCUT2D eigenvalue weighted by molar-refractivity contribution is -0.118. The molecule has 0 aromatic carbocycles. The van der Waals surface area contributed by atoms with Crippen molar-refractivity contribution in [3.05, 3.63) is 0 Å². The van der Waals surface area contributed by atoms with Crippen LogP contribution in [0.5, 0.6) is 0 Å². The molecule has 0 radical (unpaired) electrons. The molecular weight excluding hydrogens is 202 g/mol. The molecule has 0 saturated heterocycles. The third-order valence-electron chi connectivity index (χ3n) is 2.85. The standard InChI is InChI=1S/C13H27NO2/c1-4-5-8-13(16,10-11(2)3)9-6-7-12(14)15/h11,16H,4-10H2,1-3H3,(H2,14,15). The number of rotatable bonds is 9. The van der Waals surface area contributed by atoms with Crippen LogP contribution in [-0.2, 0) is 4.79 Å². The first-order chi connectivity index (χ1) is 7.39. The van der Waals surface area contributed by atoms with Crippen molar-refractivity contribution in [3.63, 3.8) is 0 Å². The van der Waals surface area contributed by atoms with E-state index in [-0.39, 0.29) is 5.91 Å². The third-order valence-corrected chi connectivity index (χ3v) is 2.85. The molecule has 0 aromatic rings. The molecule has 0 heterocycles. The SMILES string of the molecule is CCCCC(O)(CCCC(N)=O)CC(C)C. The van der Waals surface area contributed by atoms with E-state index in [0.717, 1.165) is 25.7 Å². The molecule has 1 unspecified atom stereocenters. The van der Waals surface area contributed by atoms with Gasteiger partial charge in [0.25, 0.3) is 0 Å². The van der Waals surface area contributed by atoms with Gasteiger partial charge in [-0.05, 0) is 31.6 Å². The predicted octanol–water partition coefficient (Wildman–Crippen LogP) is 2.61. The molecular formula is C13H27NO2. The molecule has 0 aromatic heterocycles. The molecule has 0 bridgehead atoms. The Balaban J connectivity index is 4.12. The molecule has 3 heteroatoms. The minimum Gasteiger partial charge on any atom is -0.390 e. The summed E-state index contributed by atoms with van der Waals surface area (Å²) in [6, 6.07) is 0. The number of amides is 1. The summed E-state index contributed by atoms with van der Waals surface area (Å²) in [6.45, 7) is 6.36. The maximum absolute atomic E-state index is 10.7. The number of unbranched alkanes of at least 4 members (excludes halogenated alkanes) is 1. The van der Waals surface area contributed by atoms with Crippen molar-refractivity contribution in [3.8, 4) is 0 Å². The van der Waals surface area contributed by atoms with Crippen molar-refractivity contribution < 1.29 is 9.90 Å². The van der Waals surface area contributed by atoms with Crippen LogP contribution >= 0.6 is 0 Å². The molecule has 96 valence electrons. The minimum atomic E-state index is -0.598. The molecule has 3 N–H and O–H groups in total. The van der Waals surface area contributed by atoms with Crippen molar-refractivity contribution in [1.29, 1.82) is 0 Å². The van der Waals surface area contributed by atoms with Gasteiger partial charge in [-0.1, -0.05) is 33.6 Å².